The topological polar surface area (TPSA) is 103 Å². The highest BCUT2D eigenvalue weighted by atomic mass is 32.1. The summed E-state index contributed by atoms with van der Waals surface area (Å²) in [5, 5.41) is 9.18. The lowest BCUT2D eigenvalue weighted by molar-refractivity contribution is 1.20. The van der Waals surface area contributed by atoms with Gasteiger partial charge in [0.1, 0.15) is 0 Å². The Balaban J connectivity index is 2.48. The average molecular weight is 308 g/mol. The van der Waals surface area contributed by atoms with E-state index in [9.17, 15) is 0 Å². The fourth-order valence-corrected chi connectivity index (χ4v) is 3.82. The Morgan fingerprint density at radius 3 is 1.50 bits per heavy atom. The molecule has 2 aromatic heterocycles. The van der Waals surface area contributed by atoms with Crippen molar-refractivity contribution >= 4 is 34.1 Å². The Hall–Kier alpha value is -1.80. The molecule has 0 saturated heterocycles. The zero-order chi connectivity index (χ0) is 14.9. The molecule has 0 saturated carbocycles. The lowest BCUT2D eigenvalue weighted by Crippen LogP contribution is -1.97. The third-order valence-corrected chi connectivity index (χ3v) is 5.50. The lowest BCUT2D eigenvalue weighted by atomic mass is 10.3. The molecule has 0 aromatic carbocycles. The monoisotopic (exact) mass is 308 g/mol. The van der Waals surface area contributed by atoms with Crippen LogP contribution in [0.2, 0.25) is 0 Å². The van der Waals surface area contributed by atoms with E-state index >= 15 is 0 Å². The van der Waals surface area contributed by atoms with Gasteiger partial charge < -0.3 is 11.7 Å². The lowest BCUT2D eigenvalue weighted by Gasteiger charge is -1.92. The first-order valence-electron chi connectivity index (χ1n) is 5.92. The molecule has 0 amide bonds. The molecule has 0 aliphatic rings. The van der Waals surface area contributed by atoms with E-state index in [0.717, 1.165) is 42.6 Å². The molecule has 4 N–H and O–H groups in total. The van der Waals surface area contributed by atoms with Gasteiger partial charge in [0, 0.05) is 0 Å². The molecule has 2 rings (SSSR count). The van der Waals surface area contributed by atoms with E-state index in [1.807, 2.05) is 27.7 Å². The Kier molecular flexibility index (Phi) is 4.15. The number of hydrogen-bond donors (Lipinski definition) is 2. The first-order valence-corrected chi connectivity index (χ1v) is 7.56. The minimum Gasteiger partial charge on any atom is -0.323 e. The molecule has 0 atom stereocenters. The smallest absolute Gasteiger partial charge is 0.153 e. The zero-order valence-corrected chi connectivity index (χ0v) is 13.4. The van der Waals surface area contributed by atoms with Crippen molar-refractivity contribution in [3.8, 4) is 10.0 Å². The summed E-state index contributed by atoms with van der Waals surface area (Å²) >= 11 is 3.08. The SMILES string of the molecule is C/C(=N/N)c1sc(-c2nc(C)c(/C(C)=N/N)s2)nc1C. The minimum atomic E-state index is 0.777. The van der Waals surface area contributed by atoms with Crippen LogP contribution in [0.5, 0.6) is 0 Å². The van der Waals surface area contributed by atoms with Gasteiger partial charge in [0.05, 0.1) is 32.6 Å². The predicted octanol–water partition coefficient (Wildman–Crippen LogP) is 2.25. The quantitative estimate of drug-likeness (QED) is 0.515. The van der Waals surface area contributed by atoms with Crippen LogP contribution in [0.4, 0.5) is 0 Å². The molecular formula is C12H16N6S2. The van der Waals surface area contributed by atoms with Crippen LogP contribution in [-0.4, -0.2) is 21.4 Å². The van der Waals surface area contributed by atoms with Crippen LogP contribution < -0.4 is 11.7 Å². The van der Waals surface area contributed by atoms with Crippen LogP contribution in [0.15, 0.2) is 10.2 Å². The second-order valence-electron chi connectivity index (χ2n) is 4.30. The third kappa shape index (κ3) is 2.56. The molecule has 0 aliphatic heterocycles. The molecule has 106 valence electrons. The van der Waals surface area contributed by atoms with E-state index in [1.165, 1.54) is 0 Å². The van der Waals surface area contributed by atoms with Gasteiger partial charge in [-0.15, -0.1) is 22.7 Å². The number of rotatable bonds is 3. The Bertz CT molecular complexity index is 635. The van der Waals surface area contributed by atoms with Gasteiger partial charge in [0.15, 0.2) is 10.0 Å². The molecular weight excluding hydrogens is 292 g/mol. The van der Waals surface area contributed by atoms with Crippen LogP contribution in [0.3, 0.4) is 0 Å². The highest BCUT2D eigenvalue weighted by molar-refractivity contribution is 7.23. The van der Waals surface area contributed by atoms with E-state index in [-0.39, 0.29) is 0 Å². The van der Waals surface area contributed by atoms with Gasteiger partial charge in [-0.3, -0.25) is 0 Å². The summed E-state index contributed by atoms with van der Waals surface area (Å²) in [5.74, 6) is 10.7. The largest absolute Gasteiger partial charge is 0.323 e. The maximum absolute atomic E-state index is 5.33. The molecule has 2 heterocycles. The van der Waals surface area contributed by atoms with Gasteiger partial charge >= 0.3 is 0 Å². The van der Waals surface area contributed by atoms with E-state index < -0.39 is 0 Å². The third-order valence-electron chi connectivity index (χ3n) is 2.82. The van der Waals surface area contributed by atoms with Crippen molar-refractivity contribution in [2.24, 2.45) is 21.9 Å². The Labute approximate surface area is 125 Å². The standard InChI is InChI=1S/C12H16N6S2/c1-5-9(7(3)17-13)19-11(15-5)12-16-6(2)10(20-12)8(4)18-14/h13-14H2,1-4H3/b17-7-,18-8+. The molecule has 0 unspecified atom stereocenters. The van der Waals surface area contributed by atoms with Crippen molar-refractivity contribution < 1.29 is 0 Å². The summed E-state index contributed by atoms with van der Waals surface area (Å²) in [6.45, 7) is 7.62. The molecule has 20 heavy (non-hydrogen) atoms. The van der Waals surface area contributed by atoms with Gasteiger partial charge in [-0.2, -0.15) is 10.2 Å². The van der Waals surface area contributed by atoms with Gasteiger partial charge in [-0.1, -0.05) is 0 Å². The maximum Gasteiger partial charge on any atom is 0.153 e. The van der Waals surface area contributed by atoms with E-state index in [0.29, 0.717) is 0 Å². The van der Waals surface area contributed by atoms with Crippen molar-refractivity contribution in [2.45, 2.75) is 27.7 Å². The fraction of sp³-hybridized carbons (Fsp3) is 0.333. The zero-order valence-electron chi connectivity index (χ0n) is 11.8. The number of hydrogen-bond acceptors (Lipinski definition) is 8. The number of nitrogens with two attached hydrogens (primary N) is 2. The first kappa shape index (κ1) is 14.6. The van der Waals surface area contributed by atoms with Crippen LogP contribution in [0.25, 0.3) is 10.0 Å². The summed E-state index contributed by atoms with van der Waals surface area (Å²) in [7, 11) is 0. The number of thiazole rings is 2. The number of aryl methyl sites for hydroxylation is 2. The molecule has 6 nitrogen and oxygen atoms in total. The summed E-state index contributed by atoms with van der Waals surface area (Å²) in [6.07, 6.45) is 0. The highest BCUT2D eigenvalue weighted by Gasteiger charge is 2.17. The molecule has 2 aromatic rings. The van der Waals surface area contributed by atoms with Crippen molar-refractivity contribution in [1.29, 1.82) is 0 Å². The van der Waals surface area contributed by atoms with Gasteiger partial charge in [-0.05, 0) is 27.7 Å². The van der Waals surface area contributed by atoms with Crippen LogP contribution in [0.1, 0.15) is 35.0 Å². The molecule has 0 spiro atoms. The maximum atomic E-state index is 5.33. The van der Waals surface area contributed by atoms with Crippen molar-refractivity contribution in [2.75, 3.05) is 0 Å². The van der Waals surface area contributed by atoms with Gasteiger partial charge in [0.25, 0.3) is 0 Å². The van der Waals surface area contributed by atoms with E-state index in [4.69, 9.17) is 11.7 Å². The Morgan fingerprint density at radius 2 is 1.20 bits per heavy atom. The van der Waals surface area contributed by atoms with Crippen LogP contribution in [-0.2, 0) is 0 Å². The van der Waals surface area contributed by atoms with Crippen molar-refractivity contribution in [1.82, 2.24) is 9.97 Å². The van der Waals surface area contributed by atoms with Gasteiger partial charge in [0.2, 0.25) is 0 Å². The Morgan fingerprint density at radius 1 is 0.850 bits per heavy atom. The second kappa shape index (κ2) is 5.68. The molecule has 0 bridgehead atoms. The predicted molar refractivity (Wildman–Crippen MR) is 85.5 cm³/mol. The van der Waals surface area contributed by atoms with Crippen molar-refractivity contribution in [3.63, 3.8) is 0 Å². The number of nitrogens with zero attached hydrogens (tertiary/aromatic N) is 4. The molecule has 0 fully saturated rings. The first-order chi connectivity index (χ1) is 9.47. The van der Waals surface area contributed by atoms with Crippen molar-refractivity contribution in [3.05, 3.63) is 21.1 Å². The summed E-state index contributed by atoms with van der Waals surface area (Å²) in [5.41, 5.74) is 3.38. The minimum absolute atomic E-state index is 0.777. The molecule has 0 radical (unpaired) electrons. The van der Waals surface area contributed by atoms with Crippen LogP contribution in [0, 0.1) is 13.8 Å². The average Bonchev–Trinajstić information content (AvgIpc) is 3.00. The summed E-state index contributed by atoms with van der Waals surface area (Å²) in [6, 6.07) is 0. The van der Waals surface area contributed by atoms with Crippen LogP contribution >= 0.6 is 22.7 Å². The fourth-order valence-electron chi connectivity index (χ4n) is 1.76. The normalized spacial score (nSPS) is 13.0. The second-order valence-corrected chi connectivity index (χ2v) is 6.29. The van der Waals surface area contributed by atoms with E-state index in [1.54, 1.807) is 22.7 Å². The summed E-state index contributed by atoms with van der Waals surface area (Å²) < 4.78 is 0. The summed E-state index contributed by atoms with van der Waals surface area (Å²) in [4.78, 5) is 11.1. The molecule has 0 aliphatic carbocycles. The number of aromatic nitrogens is 2. The molecule has 8 heteroatoms. The highest BCUT2D eigenvalue weighted by Crippen LogP contribution is 2.33. The van der Waals surface area contributed by atoms with Gasteiger partial charge in [-0.25, -0.2) is 9.97 Å². The van der Waals surface area contributed by atoms with E-state index in [2.05, 4.69) is 20.2 Å². The number of hydrazone groups is 2.